The topological polar surface area (TPSA) is 75.6 Å². The molecule has 0 saturated carbocycles. The van der Waals surface area contributed by atoms with E-state index in [0.29, 0.717) is 17.7 Å². The molecular weight excluding hydrogens is 246 g/mol. The zero-order chi connectivity index (χ0) is 14.4. The molecule has 0 saturated heterocycles. The van der Waals surface area contributed by atoms with Crippen LogP contribution >= 0.6 is 0 Å². The number of benzene rings is 1. The summed E-state index contributed by atoms with van der Waals surface area (Å²) in [5.74, 6) is -1.74. The third-order valence-corrected chi connectivity index (χ3v) is 2.97. The molecule has 1 amide bonds. The molecule has 5 nitrogen and oxygen atoms in total. The van der Waals surface area contributed by atoms with Gasteiger partial charge in [-0.25, -0.2) is 0 Å². The molecule has 1 aromatic carbocycles. The van der Waals surface area contributed by atoms with Crippen molar-refractivity contribution in [2.45, 2.75) is 32.3 Å². The summed E-state index contributed by atoms with van der Waals surface area (Å²) in [6.07, 6.45) is 0.0774. The molecule has 0 aliphatic heterocycles. The van der Waals surface area contributed by atoms with Gasteiger partial charge >= 0.3 is 5.97 Å². The monoisotopic (exact) mass is 265 g/mol. The fraction of sp³-hybridized carbons (Fsp3) is 0.429. The normalized spacial score (nSPS) is 13.6. The Bertz CT molecular complexity index is 455. The number of amides is 1. The number of nitrogens with one attached hydrogen (secondary N) is 1. The smallest absolute Gasteiger partial charge is 0.310 e. The lowest BCUT2D eigenvalue weighted by atomic mass is 10.0. The largest absolute Gasteiger partial charge is 0.481 e. The second kappa shape index (κ2) is 6.89. The lowest BCUT2D eigenvalue weighted by Crippen LogP contribution is -2.28. The summed E-state index contributed by atoms with van der Waals surface area (Å²) in [6.45, 7) is 3.46. The van der Waals surface area contributed by atoms with Gasteiger partial charge in [0.1, 0.15) is 6.10 Å². The number of anilines is 1. The first kappa shape index (κ1) is 15.2. The van der Waals surface area contributed by atoms with E-state index in [2.05, 4.69) is 5.32 Å². The van der Waals surface area contributed by atoms with Gasteiger partial charge in [0.15, 0.2) is 0 Å². The molecule has 0 radical (unpaired) electrons. The molecule has 0 spiro atoms. The van der Waals surface area contributed by atoms with Crippen LogP contribution < -0.4 is 5.32 Å². The van der Waals surface area contributed by atoms with Crippen molar-refractivity contribution in [2.75, 3.05) is 12.4 Å². The standard InChI is InChI=1S/C14H19NO4/c1-4-12(19-3)13(16)15-11-7-5-6-10(8-11)9(2)14(17)18/h5-9,12H,4H2,1-3H3,(H,15,16)(H,17,18). The van der Waals surface area contributed by atoms with E-state index in [1.807, 2.05) is 6.92 Å². The number of carbonyl (C=O) groups is 2. The van der Waals surface area contributed by atoms with E-state index in [1.165, 1.54) is 7.11 Å². The first-order chi connectivity index (χ1) is 8.99. The number of hydrogen-bond acceptors (Lipinski definition) is 3. The second-order valence-corrected chi connectivity index (χ2v) is 4.31. The summed E-state index contributed by atoms with van der Waals surface area (Å²) in [5, 5.41) is 11.7. The molecule has 19 heavy (non-hydrogen) atoms. The molecule has 0 heterocycles. The second-order valence-electron chi connectivity index (χ2n) is 4.31. The summed E-state index contributed by atoms with van der Waals surface area (Å²) >= 11 is 0. The van der Waals surface area contributed by atoms with Crippen LogP contribution in [-0.2, 0) is 14.3 Å². The first-order valence-electron chi connectivity index (χ1n) is 6.16. The Morgan fingerprint density at radius 3 is 2.63 bits per heavy atom. The maximum atomic E-state index is 11.8. The highest BCUT2D eigenvalue weighted by atomic mass is 16.5. The Balaban J connectivity index is 2.83. The number of carboxylic acid groups (broad SMARTS) is 1. The number of carbonyl (C=O) groups excluding carboxylic acids is 1. The van der Waals surface area contributed by atoms with Crippen molar-refractivity contribution in [1.82, 2.24) is 0 Å². The Morgan fingerprint density at radius 2 is 2.11 bits per heavy atom. The molecule has 2 unspecified atom stereocenters. The lowest BCUT2D eigenvalue weighted by Gasteiger charge is -2.14. The Hall–Kier alpha value is -1.88. The third kappa shape index (κ3) is 4.06. The van der Waals surface area contributed by atoms with Gasteiger partial charge < -0.3 is 15.2 Å². The van der Waals surface area contributed by atoms with Gasteiger partial charge in [-0.3, -0.25) is 9.59 Å². The van der Waals surface area contributed by atoms with Crippen molar-refractivity contribution in [3.63, 3.8) is 0 Å². The van der Waals surface area contributed by atoms with Gasteiger partial charge in [0.05, 0.1) is 5.92 Å². The van der Waals surface area contributed by atoms with Crippen molar-refractivity contribution in [1.29, 1.82) is 0 Å². The minimum atomic E-state index is -0.896. The maximum Gasteiger partial charge on any atom is 0.310 e. The lowest BCUT2D eigenvalue weighted by molar-refractivity contribution is -0.138. The molecule has 2 atom stereocenters. The predicted molar refractivity (Wildman–Crippen MR) is 72.2 cm³/mol. The van der Waals surface area contributed by atoms with Crippen LogP contribution in [0.15, 0.2) is 24.3 Å². The number of hydrogen-bond donors (Lipinski definition) is 2. The van der Waals surface area contributed by atoms with E-state index in [9.17, 15) is 9.59 Å². The van der Waals surface area contributed by atoms with Crippen LogP contribution in [0, 0.1) is 0 Å². The zero-order valence-electron chi connectivity index (χ0n) is 11.3. The summed E-state index contributed by atoms with van der Waals surface area (Å²) in [4.78, 5) is 22.8. The van der Waals surface area contributed by atoms with Crippen LogP contribution in [0.25, 0.3) is 0 Å². The highest BCUT2D eigenvalue weighted by Crippen LogP contribution is 2.19. The van der Waals surface area contributed by atoms with Crippen molar-refractivity contribution in [2.24, 2.45) is 0 Å². The molecule has 5 heteroatoms. The highest BCUT2D eigenvalue weighted by Gasteiger charge is 2.17. The van der Waals surface area contributed by atoms with Crippen molar-refractivity contribution in [3.8, 4) is 0 Å². The van der Waals surface area contributed by atoms with Gasteiger partial charge in [0.25, 0.3) is 5.91 Å². The maximum absolute atomic E-state index is 11.8. The van der Waals surface area contributed by atoms with E-state index >= 15 is 0 Å². The molecule has 1 rings (SSSR count). The minimum Gasteiger partial charge on any atom is -0.481 e. The number of carboxylic acids is 1. The Labute approximate surface area is 112 Å². The summed E-state index contributed by atoms with van der Waals surface area (Å²) < 4.78 is 5.04. The quantitative estimate of drug-likeness (QED) is 0.827. The molecule has 0 aromatic heterocycles. The molecule has 0 aliphatic carbocycles. The van der Waals surface area contributed by atoms with E-state index in [1.54, 1.807) is 31.2 Å². The zero-order valence-corrected chi connectivity index (χ0v) is 11.3. The SMILES string of the molecule is CCC(OC)C(=O)Nc1cccc(C(C)C(=O)O)c1. The Morgan fingerprint density at radius 1 is 1.42 bits per heavy atom. The average Bonchev–Trinajstić information content (AvgIpc) is 2.39. The fourth-order valence-corrected chi connectivity index (χ4v) is 1.71. The van der Waals surface area contributed by atoms with E-state index in [-0.39, 0.29) is 5.91 Å². The molecule has 0 fully saturated rings. The highest BCUT2D eigenvalue weighted by molar-refractivity contribution is 5.94. The van der Waals surface area contributed by atoms with Gasteiger partial charge in [-0.15, -0.1) is 0 Å². The molecule has 104 valence electrons. The van der Waals surface area contributed by atoms with Crippen molar-refractivity contribution in [3.05, 3.63) is 29.8 Å². The molecule has 0 bridgehead atoms. The van der Waals surface area contributed by atoms with Gasteiger partial charge in [0, 0.05) is 12.8 Å². The summed E-state index contributed by atoms with van der Waals surface area (Å²) in [5.41, 5.74) is 1.22. The van der Waals surface area contributed by atoms with Crippen molar-refractivity contribution < 1.29 is 19.4 Å². The molecule has 0 aliphatic rings. The summed E-state index contributed by atoms with van der Waals surface area (Å²) in [7, 11) is 1.48. The number of aliphatic carboxylic acids is 1. The Kier molecular flexibility index (Phi) is 5.51. The van der Waals surface area contributed by atoms with E-state index in [0.717, 1.165) is 0 Å². The van der Waals surface area contributed by atoms with Crippen LogP contribution in [0.4, 0.5) is 5.69 Å². The van der Waals surface area contributed by atoms with Crippen LogP contribution in [0.5, 0.6) is 0 Å². The summed E-state index contributed by atoms with van der Waals surface area (Å²) in [6, 6.07) is 6.83. The third-order valence-electron chi connectivity index (χ3n) is 2.97. The fourth-order valence-electron chi connectivity index (χ4n) is 1.71. The van der Waals surface area contributed by atoms with E-state index < -0.39 is 18.0 Å². The molecule has 1 aromatic rings. The molecular formula is C14H19NO4. The van der Waals surface area contributed by atoms with Crippen LogP contribution in [0.1, 0.15) is 31.7 Å². The first-order valence-corrected chi connectivity index (χ1v) is 6.16. The number of methoxy groups -OCH3 is 1. The van der Waals surface area contributed by atoms with Crippen molar-refractivity contribution >= 4 is 17.6 Å². The average molecular weight is 265 g/mol. The predicted octanol–water partition coefficient (Wildman–Crippen LogP) is 2.24. The van der Waals surface area contributed by atoms with Gasteiger partial charge in [0.2, 0.25) is 0 Å². The van der Waals surface area contributed by atoms with Crippen LogP contribution in [0.2, 0.25) is 0 Å². The van der Waals surface area contributed by atoms with Gasteiger partial charge in [-0.05, 0) is 31.0 Å². The van der Waals surface area contributed by atoms with Gasteiger partial charge in [-0.2, -0.15) is 0 Å². The van der Waals surface area contributed by atoms with E-state index in [4.69, 9.17) is 9.84 Å². The minimum absolute atomic E-state index is 0.231. The molecule has 2 N–H and O–H groups in total. The van der Waals surface area contributed by atoms with Crippen LogP contribution in [0.3, 0.4) is 0 Å². The number of rotatable bonds is 6. The van der Waals surface area contributed by atoms with Crippen LogP contribution in [-0.4, -0.2) is 30.2 Å². The number of ether oxygens (including phenoxy) is 1. The van der Waals surface area contributed by atoms with Gasteiger partial charge in [-0.1, -0.05) is 19.1 Å².